The zero-order valence-electron chi connectivity index (χ0n) is 28.8. The van der Waals surface area contributed by atoms with E-state index in [2.05, 4.69) is 62.3 Å². The van der Waals surface area contributed by atoms with E-state index in [0.717, 1.165) is 0 Å². The lowest BCUT2D eigenvalue weighted by Gasteiger charge is -2.29. The molecule has 0 rings (SSSR count). The third kappa shape index (κ3) is 35.8. The van der Waals surface area contributed by atoms with Crippen molar-refractivity contribution < 1.29 is 0 Å². The number of allylic oxidation sites excluding steroid dienone is 4. The maximum absolute atomic E-state index is 2.57. The summed E-state index contributed by atoms with van der Waals surface area (Å²) in [6.07, 6.45) is 48.6. The standard InChI is InChI=1S/C38H76N2.ClH/c1-5-7-9-11-13-15-17-19-21-23-25-27-29-31-33-35-37-40(39(3)4)38-36-34-32-30-28-26-24-22-20-18-16-14-12-10-8-6-2;/h19-22H,5-18,23-38H2,1-4H3;1H/b21-19-,22-20-;. The second-order valence-corrected chi connectivity index (χ2v) is 12.7. The van der Waals surface area contributed by atoms with Gasteiger partial charge in [0.1, 0.15) is 0 Å². The summed E-state index contributed by atoms with van der Waals surface area (Å²) in [6, 6.07) is 0. The Morgan fingerprint density at radius 2 is 0.585 bits per heavy atom. The van der Waals surface area contributed by atoms with Gasteiger partial charge in [-0.15, -0.1) is 12.4 Å². The predicted octanol–water partition coefficient (Wildman–Crippen LogP) is 13.3. The first-order chi connectivity index (χ1) is 19.7. The second-order valence-electron chi connectivity index (χ2n) is 12.7. The lowest BCUT2D eigenvalue weighted by Crippen LogP contribution is -2.38. The first-order valence-corrected chi connectivity index (χ1v) is 18.4. The number of hydrazine groups is 1. The molecule has 0 aliphatic rings. The molecule has 0 saturated heterocycles. The summed E-state index contributed by atoms with van der Waals surface area (Å²) in [7, 11) is 4.44. The Morgan fingerprint density at radius 3 is 0.854 bits per heavy atom. The van der Waals surface area contributed by atoms with Gasteiger partial charge >= 0.3 is 0 Å². The van der Waals surface area contributed by atoms with Crippen molar-refractivity contribution in [2.45, 2.75) is 194 Å². The molecule has 0 unspecified atom stereocenters. The third-order valence-corrected chi connectivity index (χ3v) is 8.42. The highest BCUT2D eigenvalue weighted by Gasteiger charge is 2.06. The molecule has 0 heterocycles. The third-order valence-electron chi connectivity index (χ3n) is 8.42. The fourth-order valence-corrected chi connectivity index (χ4v) is 5.60. The van der Waals surface area contributed by atoms with Crippen LogP contribution in [-0.4, -0.2) is 37.2 Å². The van der Waals surface area contributed by atoms with E-state index in [9.17, 15) is 0 Å². The van der Waals surface area contributed by atoms with Crippen LogP contribution in [-0.2, 0) is 0 Å². The first-order valence-electron chi connectivity index (χ1n) is 18.4. The molecule has 0 amide bonds. The van der Waals surface area contributed by atoms with Crippen LogP contribution >= 0.6 is 12.4 Å². The minimum Gasteiger partial charge on any atom is -0.248 e. The van der Waals surface area contributed by atoms with E-state index in [1.165, 1.54) is 193 Å². The van der Waals surface area contributed by atoms with Gasteiger partial charge in [-0.05, 0) is 64.2 Å². The van der Waals surface area contributed by atoms with Gasteiger partial charge in [0, 0.05) is 27.2 Å². The van der Waals surface area contributed by atoms with Gasteiger partial charge in [0.25, 0.3) is 0 Å². The monoisotopic (exact) mass is 597 g/mol. The SMILES string of the molecule is CCCCCCCC/C=C\CCCCCCCCN(CCCCCCCC/C=C\CCCCCCCC)N(C)C.Cl. The highest BCUT2D eigenvalue weighted by molar-refractivity contribution is 5.85. The molecule has 0 saturated carbocycles. The molecule has 0 atom stereocenters. The van der Waals surface area contributed by atoms with Crippen molar-refractivity contribution in [2.24, 2.45) is 0 Å². The minimum atomic E-state index is 0. The number of hydrogen-bond acceptors (Lipinski definition) is 2. The largest absolute Gasteiger partial charge is 0.248 e. The molecular weight excluding hydrogens is 520 g/mol. The highest BCUT2D eigenvalue weighted by Crippen LogP contribution is 2.13. The molecule has 0 N–H and O–H groups in total. The Labute approximate surface area is 267 Å². The Kier molecular flexibility index (Phi) is 39.4. The van der Waals surface area contributed by atoms with Gasteiger partial charge in [0.05, 0.1) is 0 Å². The van der Waals surface area contributed by atoms with Crippen LogP contribution < -0.4 is 0 Å². The Bertz CT molecular complexity index is 474. The predicted molar refractivity (Wildman–Crippen MR) is 191 cm³/mol. The van der Waals surface area contributed by atoms with Gasteiger partial charge in [-0.3, -0.25) is 0 Å². The molecule has 0 aromatic rings. The summed E-state index contributed by atoms with van der Waals surface area (Å²) in [6.45, 7) is 7.06. The van der Waals surface area contributed by atoms with E-state index in [0.29, 0.717) is 0 Å². The van der Waals surface area contributed by atoms with Gasteiger partial charge < -0.3 is 0 Å². The lowest BCUT2D eigenvalue weighted by molar-refractivity contribution is 0.0216. The van der Waals surface area contributed by atoms with E-state index in [-0.39, 0.29) is 12.4 Å². The van der Waals surface area contributed by atoms with Crippen LogP contribution in [0.25, 0.3) is 0 Å². The number of halogens is 1. The summed E-state index contributed by atoms with van der Waals surface area (Å²) in [5.74, 6) is 0. The van der Waals surface area contributed by atoms with Crippen LogP contribution in [0, 0.1) is 0 Å². The van der Waals surface area contributed by atoms with Crippen LogP contribution in [0.15, 0.2) is 24.3 Å². The van der Waals surface area contributed by atoms with Crippen LogP contribution in [0.5, 0.6) is 0 Å². The van der Waals surface area contributed by atoms with Gasteiger partial charge in [0.15, 0.2) is 0 Å². The van der Waals surface area contributed by atoms with Crippen molar-refractivity contribution in [1.29, 1.82) is 0 Å². The van der Waals surface area contributed by atoms with Gasteiger partial charge in [-0.2, -0.15) is 0 Å². The molecule has 3 heteroatoms. The van der Waals surface area contributed by atoms with Crippen LogP contribution in [0.3, 0.4) is 0 Å². The quantitative estimate of drug-likeness (QED) is 0.0422. The number of rotatable bonds is 33. The molecule has 41 heavy (non-hydrogen) atoms. The number of nitrogens with zero attached hydrogens (tertiary/aromatic N) is 2. The van der Waals surface area contributed by atoms with Crippen LogP contribution in [0.1, 0.15) is 194 Å². The average molecular weight is 598 g/mol. The molecule has 0 bridgehead atoms. The van der Waals surface area contributed by atoms with E-state index < -0.39 is 0 Å². The van der Waals surface area contributed by atoms with E-state index in [4.69, 9.17) is 0 Å². The molecule has 0 radical (unpaired) electrons. The van der Waals surface area contributed by atoms with Crippen molar-refractivity contribution in [1.82, 2.24) is 10.0 Å². The van der Waals surface area contributed by atoms with Crippen molar-refractivity contribution >= 4 is 12.4 Å². The Balaban J connectivity index is 0. The zero-order valence-corrected chi connectivity index (χ0v) is 29.6. The maximum Gasteiger partial charge on any atom is 0.0133 e. The zero-order chi connectivity index (χ0) is 29.2. The molecule has 0 spiro atoms. The van der Waals surface area contributed by atoms with Crippen molar-refractivity contribution in [3.05, 3.63) is 24.3 Å². The van der Waals surface area contributed by atoms with Gasteiger partial charge in [-0.25, -0.2) is 10.0 Å². The molecule has 0 aromatic carbocycles. The number of hydrogen-bond donors (Lipinski definition) is 0. The van der Waals surface area contributed by atoms with Crippen LogP contribution in [0.2, 0.25) is 0 Å². The van der Waals surface area contributed by atoms with Crippen molar-refractivity contribution in [2.75, 3.05) is 27.2 Å². The Hall–Kier alpha value is -0.310. The van der Waals surface area contributed by atoms with Gasteiger partial charge in [0.2, 0.25) is 0 Å². The average Bonchev–Trinajstić information content (AvgIpc) is 2.95. The van der Waals surface area contributed by atoms with Crippen molar-refractivity contribution in [3.63, 3.8) is 0 Å². The van der Waals surface area contributed by atoms with E-state index in [1.807, 2.05) is 0 Å². The number of unbranched alkanes of at least 4 members (excludes halogenated alkanes) is 24. The Morgan fingerprint density at radius 1 is 0.341 bits per heavy atom. The second kappa shape index (κ2) is 37.7. The first kappa shape index (κ1) is 42.8. The van der Waals surface area contributed by atoms with E-state index >= 15 is 0 Å². The molecule has 0 aliphatic heterocycles. The summed E-state index contributed by atoms with van der Waals surface area (Å²) in [5, 5.41) is 4.90. The van der Waals surface area contributed by atoms with E-state index in [1.54, 1.807) is 0 Å². The minimum absolute atomic E-state index is 0. The fraction of sp³-hybridized carbons (Fsp3) is 0.895. The molecule has 0 aliphatic carbocycles. The molecule has 246 valence electrons. The molecular formula is C38H77ClN2. The fourth-order valence-electron chi connectivity index (χ4n) is 5.60. The summed E-state index contributed by atoms with van der Waals surface area (Å²) >= 11 is 0. The summed E-state index contributed by atoms with van der Waals surface area (Å²) in [5.41, 5.74) is 0. The molecule has 2 nitrogen and oxygen atoms in total. The van der Waals surface area contributed by atoms with Gasteiger partial charge in [-0.1, -0.05) is 154 Å². The summed E-state index contributed by atoms with van der Waals surface area (Å²) in [4.78, 5) is 0. The summed E-state index contributed by atoms with van der Waals surface area (Å²) < 4.78 is 0. The topological polar surface area (TPSA) is 6.48 Å². The molecule has 0 fully saturated rings. The smallest absolute Gasteiger partial charge is 0.0133 e. The van der Waals surface area contributed by atoms with Crippen molar-refractivity contribution in [3.8, 4) is 0 Å². The highest BCUT2D eigenvalue weighted by atomic mass is 35.5. The lowest BCUT2D eigenvalue weighted by atomic mass is 10.1. The normalized spacial score (nSPS) is 12.0. The van der Waals surface area contributed by atoms with Crippen LogP contribution in [0.4, 0.5) is 0 Å². The molecule has 0 aromatic heterocycles. The maximum atomic E-state index is 2.57.